The second-order valence-electron chi connectivity index (χ2n) is 6.10. The molecule has 1 fully saturated rings. The number of benzene rings is 1. The zero-order chi connectivity index (χ0) is 19.1. The van der Waals surface area contributed by atoms with Gasteiger partial charge in [0.05, 0.1) is 39.3 Å². The Bertz CT molecular complexity index is 891. The van der Waals surface area contributed by atoms with Gasteiger partial charge in [-0.15, -0.1) is 0 Å². The molecule has 2 heterocycles. The van der Waals surface area contributed by atoms with Crippen molar-refractivity contribution in [2.24, 2.45) is 0 Å². The van der Waals surface area contributed by atoms with Gasteiger partial charge in [0.15, 0.2) is 0 Å². The van der Waals surface area contributed by atoms with E-state index in [0.717, 1.165) is 16.7 Å². The first-order valence-electron chi connectivity index (χ1n) is 7.93. The van der Waals surface area contributed by atoms with Gasteiger partial charge >= 0.3 is 22.2 Å². The molecule has 0 amide bonds. The number of rotatable bonds is 4. The molecule has 2 aliphatic rings. The molecule has 1 saturated heterocycles. The van der Waals surface area contributed by atoms with Gasteiger partial charge < -0.3 is 9.47 Å². The van der Waals surface area contributed by atoms with Gasteiger partial charge in [0.1, 0.15) is 0 Å². The summed E-state index contributed by atoms with van der Waals surface area (Å²) in [6.45, 7) is 1.81. The first kappa shape index (κ1) is 18.6. The average Bonchev–Trinajstić information content (AvgIpc) is 3.08. The van der Waals surface area contributed by atoms with E-state index in [0.29, 0.717) is 5.56 Å². The van der Waals surface area contributed by atoms with Crippen molar-refractivity contribution < 1.29 is 31.7 Å². The first-order chi connectivity index (χ1) is 12.3. The van der Waals surface area contributed by atoms with E-state index in [9.17, 15) is 18.0 Å². The fourth-order valence-electron chi connectivity index (χ4n) is 3.48. The molecule has 0 radical (unpaired) electrons. The third-order valence-corrected chi connectivity index (χ3v) is 5.98. The summed E-state index contributed by atoms with van der Waals surface area (Å²) in [6.07, 6.45) is 2.74. The molecular weight excluding hydrogens is 362 g/mol. The predicted molar refractivity (Wildman–Crippen MR) is 91.1 cm³/mol. The summed E-state index contributed by atoms with van der Waals surface area (Å²) in [5.74, 6) is -1.03. The Morgan fingerprint density at radius 1 is 1.31 bits per heavy atom. The molecule has 0 aliphatic carbocycles. The number of fused-ring (bicyclic) bond motifs is 3. The zero-order valence-electron chi connectivity index (χ0n) is 14.6. The highest BCUT2D eigenvalue weighted by molar-refractivity contribution is 7.84. The Hall–Kier alpha value is -2.23. The van der Waals surface area contributed by atoms with Crippen molar-refractivity contribution in [3.63, 3.8) is 0 Å². The van der Waals surface area contributed by atoms with Gasteiger partial charge in [-0.3, -0.25) is 8.98 Å². The summed E-state index contributed by atoms with van der Waals surface area (Å²) in [6, 6.07) is 2.44. The van der Waals surface area contributed by atoms with Crippen LogP contribution in [0.1, 0.15) is 40.8 Å². The predicted octanol–water partition coefficient (Wildman–Crippen LogP) is 1.42. The van der Waals surface area contributed by atoms with Crippen molar-refractivity contribution in [3.8, 4) is 0 Å². The Morgan fingerprint density at radius 2 is 2.04 bits per heavy atom. The van der Waals surface area contributed by atoms with E-state index in [1.807, 2.05) is 19.1 Å². The van der Waals surface area contributed by atoms with E-state index in [-0.39, 0.29) is 13.0 Å². The highest BCUT2D eigenvalue weighted by atomic mass is 32.2. The van der Waals surface area contributed by atoms with Gasteiger partial charge in [-0.25, -0.2) is 4.79 Å². The minimum Gasteiger partial charge on any atom is -0.469 e. The van der Waals surface area contributed by atoms with E-state index in [2.05, 4.69) is 4.74 Å². The van der Waals surface area contributed by atoms with Crippen molar-refractivity contribution in [2.75, 3.05) is 20.8 Å². The lowest BCUT2D eigenvalue weighted by Gasteiger charge is -2.20. The molecule has 2 atom stereocenters. The standard InChI is InChI=1S/C17H19NO7S/c1-10-6-11(4-5-15(19)23-2)17-12(7-10)13(8-16(20)24-3)18-14(17)9-25-26(18,21)22/h4-7,13-14H,8-9H2,1-3H3/b5-4+/t13-,14?/m0/s1. The van der Waals surface area contributed by atoms with E-state index in [1.165, 1.54) is 24.6 Å². The zero-order valence-corrected chi connectivity index (χ0v) is 15.4. The van der Waals surface area contributed by atoms with Crippen molar-refractivity contribution >= 4 is 28.3 Å². The Labute approximate surface area is 151 Å². The van der Waals surface area contributed by atoms with Gasteiger partial charge in [0, 0.05) is 6.08 Å². The summed E-state index contributed by atoms with van der Waals surface area (Å²) in [5, 5.41) is 0. The van der Waals surface area contributed by atoms with Gasteiger partial charge in [0.25, 0.3) is 0 Å². The van der Waals surface area contributed by atoms with Crippen LogP contribution in [0.4, 0.5) is 0 Å². The second kappa shape index (κ2) is 6.82. The third kappa shape index (κ3) is 3.13. The summed E-state index contributed by atoms with van der Waals surface area (Å²) >= 11 is 0. The molecule has 140 valence electrons. The minimum absolute atomic E-state index is 0.0465. The molecule has 1 unspecified atom stereocenters. The highest BCUT2D eigenvalue weighted by Gasteiger charge is 2.52. The maximum Gasteiger partial charge on any atom is 0.339 e. The number of aryl methyl sites for hydroxylation is 1. The van der Waals surface area contributed by atoms with E-state index in [4.69, 9.17) is 8.92 Å². The van der Waals surface area contributed by atoms with E-state index in [1.54, 1.807) is 6.08 Å². The number of carbonyl (C=O) groups excluding carboxylic acids is 2. The van der Waals surface area contributed by atoms with Crippen LogP contribution < -0.4 is 0 Å². The molecular formula is C17H19NO7S. The van der Waals surface area contributed by atoms with Crippen LogP contribution in [0.5, 0.6) is 0 Å². The summed E-state index contributed by atoms with van der Waals surface area (Å²) in [5.41, 5.74) is 3.01. The first-order valence-corrected chi connectivity index (χ1v) is 9.30. The number of carbonyl (C=O) groups is 2. The molecule has 9 heteroatoms. The monoisotopic (exact) mass is 381 g/mol. The Morgan fingerprint density at radius 3 is 2.69 bits per heavy atom. The summed E-state index contributed by atoms with van der Waals surface area (Å²) in [4.78, 5) is 23.3. The van der Waals surface area contributed by atoms with Crippen LogP contribution in [-0.4, -0.2) is 45.5 Å². The Kier molecular flexibility index (Phi) is 4.87. The normalized spacial score (nSPS) is 23.7. The lowest BCUT2D eigenvalue weighted by Crippen LogP contribution is -2.28. The van der Waals surface area contributed by atoms with Crippen LogP contribution in [0.2, 0.25) is 0 Å². The number of nitrogens with zero attached hydrogens (tertiary/aromatic N) is 1. The fraction of sp³-hybridized carbons (Fsp3) is 0.412. The minimum atomic E-state index is -3.95. The molecule has 3 rings (SSSR count). The lowest BCUT2D eigenvalue weighted by molar-refractivity contribution is -0.141. The van der Waals surface area contributed by atoms with Crippen LogP contribution >= 0.6 is 0 Å². The number of ether oxygens (including phenoxy) is 2. The van der Waals surface area contributed by atoms with Crippen molar-refractivity contribution in [2.45, 2.75) is 25.4 Å². The molecule has 1 aromatic rings. The molecule has 0 aromatic heterocycles. The molecule has 2 aliphatic heterocycles. The molecule has 8 nitrogen and oxygen atoms in total. The van der Waals surface area contributed by atoms with Crippen molar-refractivity contribution in [1.29, 1.82) is 0 Å². The smallest absolute Gasteiger partial charge is 0.339 e. The quantitative estimate of drug-likeness (QED) is 0.574. The Balaban J connectivity index is 2.14. The summed E-state index contributed by atoms with van der Waals surface area (Å²) in [7, 11) is -1.42. The topological polar surface area (TPSA) is 99.2 Å². The van der Waals surface area contributed by atoms with Crippen LogP contribution in [0.15, 0.2) is 18.2 Å². The largest absolute Gasteiger partial charge is 0.469 e. The molecule has 0 bridgehead atoms. The van der Waals surface area contributed by atoms with Crippen LogP contribution in [0.25, 0.3) is 6.08 Å². The van der Waals surface area contributed by atoms with Gasteiger partial charge in [-0.1, -0.05) is 17.7 Å². The number of esters is 2. The van der Waals surface area contributed by atoms with Gasteiger partial charge in [-0.05, 0) is 29.7 Å². The maximum absolute atomic E-state index is 12.4. The lowest BCUT2D eigenvalue weighted by atomic mass is 9.93. The second-order valence-corrected chi connectivity index (χ2v) is 7.61. The molecule has 0 saturated carbocycles. The van der Waals surface area contributed by atoms with Gasteiger partial charge in [-0.2, -0.15) is 12.7 Å². The number of hydrogen-bond acceptors (Lipinski definition) is 7. The molecule has 26 heavy (non-hydrogen) atoms. The van der Waals surface area contributed by atoms with Crippen LogP contribution in [0, 0.1) is 6.92 Å². The number of methoxy groups -OCH3 is 2. The van der Waals surface area contributed by atoms with Crippen molar-refractivity contribution in [3.05, 3.63) is 40.5 Å². The van der Waals surface area contributed by atoms with E-state index >= 15 is 0 Å². The average molecular weight is 381 g/mol. The van der Waals surface area contributed by atoms with Crippen LogP contribution in [-0.2, 0) is 33.6 Å². The fourth-order valence-corrected chi connectivity index (χ4v) is 4.88. The number of hydrogen-bond donors (Lipinski definition) is 0. The third-order valence-electron chi connectivity index (χ3n) is 4.52. The molecule has 0 spiro atoms. The van der Waals surface area contributed by atoms with Crippen molar-refractivity contribution in [1.82, 2.24) is 4.31 Å². The SMILES string of the molecule is COC(=O)/C=C/c1cc(C)cc2c1C1COS(=O)(=O)N1[C@H]2CC(=O)OC. The molecule has 1 aromatic carbocycles. The summed E-state index contributed by atoms with van der Waals surface area (Å²) < 4.78 is 40.2. The maximum atomic E-state index is 12.4. The highest BCUT2D eigenvalue weighted by Crippen LogP contribution is 2.51. The van der Waals surface area contributed by atoms with E-state index < -0.39 is 34.3 Å². The van der Waals surface area contributed by atoms with Crippen LogP contribution in [0.3, 0.4) is 0 Å². The molecule has 0 N–H and O–H groups in total. The van der Waals surface area contributed by atoms with Gasteiger partial charge in [0.2, 0.25) is 0 Å².